The number of rotatable bonds is 3. The molecule has 0 bridgehead atoms. The Labute approximate surface area is 134 Å². The highest BCUT2D eigenvalue weighted by Crippen LogP contribution is 2.33. The number of ether oxygens (including phenoxy) is 2. The first-order valence-corrected chi connectivity index (χ1v) is 8.57. The summed E-state index contributed by atoms with van der Waals surface area (Å²) in [5, 5.41) is 3.40. The summed E-state index contributed by atoms with van der Waals surface area (Å²) in [6.45, 7) is 9.41. The van der Waals surface area contributed by atoms with Crippen LogP contribution in [0.2, 0.25) is 0 Å². The van der Waals surface area contributed by atoms with Crippen molar-refractivity contribution in [3.63, 3.8) is 0 Å². The zero-order valence-corrected chi connectivity index (χ0v) is 14.6. The van der Waals surface area contributed by atoms with Gasteiger partial charge in [-0.2, -0.15) is 0 Å². The molecule has 2 aliphatic heterocycles. The standard InChI is InChI=1S/C17H32N2O3/c1-16(2,3)22-15(20)19-11-5-6-14(13-19)12-17(21-4)7-9-18-10-8-17/h14,18H,5-13H2,1-4H3. The van der Waals surface area contributed by atoms with E-state index in [1.54, 1.807) is 0 Å². The first kappa shape index (κ1) is 17.5. The number of nitrogens with one attached hydrogen (secondary N) is 1. The van der Waals surface area contributed by atoms with E-state index < -0.39 is 5.60 Å². The highest BCUT2D eigenvalue weighted by atomic mass is 16.6. The lowest BCUT2D eigenvalue weighted by Gasteiger charge is -2.42. The summed E-state index contributed by atoms with van der Waals surface area (Å²) in [6, 6.07) is 0. The van der Waals surface area contributed by atoms with E-state index in [9.17, 15) is 4.79 Å². The Morgan fingerprint density at radius 2 is 2.00 bits per heavy atom. The second-order valence-electron chi connectivity index (χ2n) is 7.78. The van der Waals surface area contributed by atoms with Crippen molar-refractivity contribution in [2.24, 2.45) is 5.92 Å². The lowest BCUT2D eigenvalue weighted by atomic mass is 9.80. The van der Waals surface area contributed by atoms with Crippen LogP contribution < -0.4 is 5.32 Å². The van der Waals surface area contributed by atoms with Gasteiger partial charge in [0.25, 0.3) is 0 Å². The molecule has 0 aromatic rings. The van der Waals surface area contributed by atoms with Crippen molar-refractivity contribution < 1.29 is 14.3 Å². The van der Waals surface area contributed by atoms with Gasteiger partial charge in [0.1, 0.15) is 5.60 Å². The van der Waals surface area contributed by atoms with Crippen LogP contribution in [0.4, 0.5) is 4.79 Å². The van der Waals surface area contributed by atoms with E-state index in [2.05, 4.69) is 5.32 Å². The SMILES string of the molecule is COC1(CC2CCCN(C(=O)OC(C)(C)C)C2)CCNCC1. The van der Waals surface area contributed by atoms with Gasteiger partial charge in [0.15, 0.2) is 0 Å². The molecular formula is C17H32N2O3. The third-order valence-electron chi connectivity index (χ3n) is 4.78. The minimum atomic E-state index is -0.424. The van der Waals surface area contributed by atoms with Gasteiger partial charge in [0.2, 0.25) is 0 Å². The van der Waals surface area contributed by atoms with Gasteiger partial charge in [-0.25, -0.2) is 4.79 Å². The van der Waals surface area contributed by atoms with Gasteiger partial charge < -0.3 is 19.7 Å². The van der Waals surface area contributed by atoms with Crippen molar-refractivity contribution in [3.8, 4) is 0 Å². The van der Waals surface area contributed by atoms with E-state index in [1.165, 1.54) is 6.42 Å². The topological polar surface area (TPSA) is 50.8 Å². The number of piperidine rings is 2. The summed E-state index contributed by atoms with van der Waals surface area (Å²) in [4.78, 5) is 14.1. The summed E-state index contributed by atoms with van der Waals surface area (Å²) in [5.41, 5.74) is -0.431. The molecule has 1 unspecified atom stereocenters. The third-order valence-corrected chi connectivity index (χ3v) is 4.78. The molecule has 1 amide bonds. The molecule has 2 saturated heterocycles. The van der Waals surface area contributed by atoms with Crippen LogP contribution in [-0.2, 0) is 9.47 Å². The highest BCUT2D eigenvalue weighted by molar-refractivity contribution is 5.68. The fraction of sp³-hybridized carbons (Fsp3) is 0.941. The minimum absolute atomic E-state index is 0.00708. The Balaban J connectivity index is 1.91. The van der Waals surface area contributed by atoms with Gasteiger partial charge in [-0.3, -0.25) is 0 Å². The second kappa shape index (κ2) is 7.18. The first-order valence-electron chi connectivity index (χ1n) is 8.57. The van der Waals surface area contributed by atoms with Gasteiger partial charge >= 0.3 is 6.09 Å². The number of carbonyl (C=O) groups excluding carboxylic acids is 1. The Hall–Kier alpha value is -0.810. The van der Waals surface area contributed by atoms with Gasteiger partial charge in [-0.15, -0.1) is 0 Å². The molecule has 5 nitrogen and oxygen atoms in total. The monoisotopic (exact) mass is 312 g/mol. The number of carbonyl (C=O) groups is 1. The Morgan fingerprint density at radius 1 is 1.32 bits per heavy atom. The van der Waals surface area contributed by atoms with Crippen molar-refractivity contribution in [3.05, 3.63) is 0 Å². The molecule has 2 heterocycles. The number of methoxy groups -OCH3 is 1. The van der Waals surface area contributed by atoms with Gasteiger partial charge in [-0.05, 0) is 71.9 Å². The summed E-state index contributed by atoms with van der Waals surface area (Å²) >= 11 is 0. The maximum Gasteiger partial charge on any atom is 0.410 e. The average molecular weight is 312 g/mol. The third kappa shape index (κ3) is 4.85. The quantitative estimate of drug-likeness (QED) is 0.870. The molecule has 22 heavy (non-hydrogen) atoms. The predicted molar refractivity (Wildman–Crippen MR) is 87.0 cm³/mol. The molecule has 2 aliphatic rings. The molecule has 128 valence electrons. The Bertz CT molecular complexity index is 373. The molecule has 0 spiro atoms. The van der Waals surface area contributed by atoms with Gasteiger partial charge in [0.05, 0.1) is 5.60 Å². The van der Waals surface area contributed by atoms with Crippen LogP contribution in [0.3, 0.4) is 0 Å². The van der Waals surface area contributed by atoms with Crippen LogP contribution in [0.15, 0.2) is 0 Å². The Kier molecular flexibility index (Phi) is 5.72. The van der Waals surface area contributed by atoms with Crippen LogP contribution in [0.1, 0.15) is 52.9 Å². The van der Waals surface area contributed by atoms with Crippen LogP contribution in [-0.4, -0.2) is 55.5 Å². The van der Waals surface area contributed by atoms with E-state index in [-0.39, 0.29) is 11.7 Å². The van der Waals surface area contributed by atoms with Crippen molar-refractivity contribution in [2.45, 2.75) is 64.1 Å². The molecule has 2 fully saturated rings. The van der Waals surface area contributed by atoms with Crippen LogP contribution in [0, 0.1) is 5.92 Å². The molecule has 1 N–H and O–H groups in total. The fourth-order valence-corrected chi connectivity index (χ4v) is 3.62. The summed E-state index contributed by atoms with van der Waals surface area (Å²) in [5.74, 6) is 0.513. The number of amides is 1. The van der Waals surface area contributed by atoms with Crippen molar-refractivity contribution in [1.29, 1.82) is 0 Å². The molecule has 2 rings (SSSR count). The lowest BCUT2D eigenvalue weighted by molar-refractivity contribution is -0.0591. The molecule has 1 atom stereocenters. The predicted octanol–water partition coefficient (Wildman–Crippen LogP) is 2.79. The number of nitrogens with zero attached hydrogens (tertiary/aromatic N) is 1. The zero-order valence-electron chi connectivity index (χ0n) is 14.6. The van der Waals surface area contributed by atoms with E-state index >= 15 is 0 Å². The average Bonchev–Trinajstić information content (AvgIpc) is 2.47. The van der Waals surface area contributed by atoms with Crippen LogP contribution in [0.25, 0.3) is 0 Å². The van der Waals surface area contributed by atoms with E-state index in [0.717, 1.165) is 51.9 Å². The second-order valence-corrected chi connectivity index (χ2v) is 7.78. The molecular weight excluding hydrogens is 280 g/mol. The smallest absolute Gasteiger partial charge is 0.410 e. The van der Waals surface area contributed by atoms with E-state index in [4.69, 9.17) is 9.47 Å². The molecule has 0 aromatic carbocycles. The molecule has 0 saturated carbocycles. The maximum absolute atomic E-state index is 12.3. The molecule has 0 radical (unpaired) electrons. The van der Waals surface area contributed by atoms with Crippen LogP contribution in [0.5, 0.6) is 0 Å². The number of hydrogen-bond donors (Lipinski definition) is 1. The zero-order chi connectivity index (χ0) is 16.2. The van der Waals surface area contributed by atoms with Crippen molar-refractivity contribution in [1.82, 2.24) is 10.2 Å². The van der Waals surface area contributed by atoms with Gasteiger partial charge in [0, 0.05) is 20.2 Å². The number of hydrogen-bond acceptors (Lipinski definition) is 4. The first-order chi connectivity index (χ1) is 10.3. The minimum Gasteiger partial charge on any atom is -0.444 e. The fourth-order valence-electron chi connectivity index (χ4n) is 3.62. The van der Waals surface area contributed by atoms with Crippen molar-refractivity contribution in [2.75, 3.05) is 33.3 Å². The van der Waals surface area contributed by atoms with Crippen LogP contribution >= 0.6 is 0 Å². The maximum atomic E-state index is 12.3. The number of likely N-dealkylation sites (tertiary alicyclic amines) is 1. The van der Waals surface area contributed by atoms with E-state index in [1.807, 2.05) is 32.8 Å². The summed E-state index contributed by atoms with van der Waals surface area (Å²) in [7, 11) is 1.83. The largest absolute Gasteiger partial charge is 0.444 e. The Morgan fingerprint density at radius 3 is 2.59 bits per heavy atom. The van der Waals surface area contributed by atoms with E-state index in [0.29, 0.717) is 5.92 Å². The molecule has 0 aromatic heterocycles. The lowest BCUT2D eigenvalue weighted by Crippen LogP contribution is -2.48. The molecule has 0 aliphatic carbocycles. The molecule has 5 heteroatoms. The summed E-state index contributed by atoms with van der Waals surface area (Å²) in [6.07, 6.45) is 5.23. The highest BCUT2D eigenvalue weighted by Gasteiger charge is 2.37. The van der Waals surface area contributed by atoms with Crippen molar-refractivity contribution >= 4 is 6.09 Å². The summed E-state index contributed by atoms with van der Waals surface area (Å²) < 4.78 is 11.4. The normalized spacial score (nSPS) is 25.8. The van der Waals surface area contributed by atoms with Gasteiger partial charge in [-0.1, -0.05) is 0 Å².